The van der Waals surface area contributed by atoms with E-state index in [4.69, 9.17) is 5.73 Å². The van der Waals surface area contributed by atoms with Crippen LogP contribution in [-0.2, 0) is 0 Å². The molecule has 2 aromatic rings. The van der Waals surface area contributed by atoms with Crippen LogP contribution in [0.15, 0.2) is 42.5 Å². The summed E-state index contributed by atoms with van der Waals surface area (Å²) >= 11 is 0. The van der Waals surface area contributed by atoms with Gasteiger partial charge in [-0.1, -0.05) is 6.07 Å². The van der Waals surface area contributed by atoms with Crippen LogP contribution >= 0.6 is 0 Å². The number of hydrogen-bond acceptors (Lipinski definition) is 2. The van der Waals surface area contributed by atoms with Crippen LogP contribution in [0.4, 0.5) is 20.2 Å². The fourth-order valence-electron chi connectivity index (χ4n) is 2.02. The molecule has 19 heavy (non-hydrogen) atoms. The number of halogens is 2. The first-order valence-corrected chi connectivity index (χ1v) is 6.03. The van der Waals surface area contributed by atoms with Crippen LogP contribution < -0.4 is 10.6 Å². The van der Waals surface area contributed by atoms with Crippen molar-refractivity contribution in [3.05, 3.63) is 59.7 Å². The molecule has 2 nitrogen and oxygen atoms in total. The van der Waals surface area contributed by atoms with Gasteiger partial charge in [0.1, 0.15) is 11.6 Å². The van der Waals surface area contributed by atoms with Gasteiger partial charge >= 0.3 is 0 Å². The van der Waals surface area contributed by atoms with Crippen LogP contribution in [0, 0.1) is 11.6 Å². The molecule has 0 fully saturated rings. The Morgan fingerprint density at radius 2 is 1.74 bits per heavy atom. The number of rotatable bonds is 3. The van der Waals surface area contributed by atoms with Crippen molar-refractivity contribution in [2.75, 3.05) is 11.9 Å². The lowest BCUT2D eigenvalue weighted by Gasteiger charge is -2.24. The molecule has 0 amide bonds. The van der Waals surface area contributed by atoms with Gasteiger partial charge in [-0.15, -0.1) is 0 Å². The lowest BCUT2D eigenvalue weighted by Crippen LogP contribution is -2.16. The SMILES string of the molecule is C[C@@H](N)c1cc(F)ccc1N(C)c1cccc(F)c1. The minimum atomic E-state index is -0.330. The molecule has 0 aliphatic carbocycles. The van der Waals surface area contributed by atoms with Gasteiger partial charge in [0.25, 0.3) is 0 Å². The Balaban J connectivity index is 2.46. The minimum Gasteiger partial charge on any atom is -0.344 e. The summed E-state index contributed by atoms with van der Waals surface area (Å²) < 4.78 is 26.6. The second kappa shape index (κ2) is 5.36. The Hall–Kier alpha value is -1.94. The molecule has 0 saturated heterocycles. The molecule has 2 aromatic carbocycles. The first kappa shape index (κ1) is 13.5. The molecule has 100 valence electrons. The molecule has 0 aliphatic rings. The molecule has 0 unspecified atom stereocenters. The van der Waals surface area contributed by atoms with Crippen LogP contribution in [0.5, 0.6) is 0 Å². The highest BCUT2D eigenvalue weighted by Gasteiger charge is 2.13. The average molecular weight is 262 g/mol. The maximum atomic E-state index is 13.3. The minimum absolute atomic E-state index is 0.304. The number of nitrogens with two attached hydrogens (primary N) is 1. The van der Waals surface area contributed by atoms with Crippen LogP contribution in [-0.4, -0.2) is 7.05 Å². The summed E-state index contributed by atoms with van der Waals surface area (Å²) in [5.74, 6) is -0.641. The summed E-state index contributed by atoms with van der Waals surface area (Å²) in [5.41, 5.74) is 8.00. The zero-order chi connectivity index (χ0) is 14.0. The monoisotopic (exact) mass is 262 g/mol. The van der Waals surface area contributed by atoms with Gasteiger partial charge in [0, 0.05) is 24.5 Å². The van der Waals surface area contributed by atoms with E-state index in [1.165, 1.54) is 24.3 Å². The molecule has 2 N–H and O–H groups in total. The number of anilines is 2. The van der Waals surface area contributed by atoms with Gasteiger partial charge in [0.2, 0.25) is 0 Å². The van der Waals surface area contributed by atoms with E-state index in [-0.39, 0.29) is 17.7 Å². The predicted molar refractivity (Wildman–Crippen MR) is 73.5 cm³/mol. The van der Waals surface area contributed by atoms with Gasteiger partial charge < -0.3 is 10.6 Å². The van der Waals surface area contributed by atoms with Crippen LogP contribution in [0.1, 0.15) is 18.5 Å². The molecule has 0 heterocycles. The lowest BCUT2D eigenvalue weighted by molar-refractivity contribution is 0.622. The van der Waals surface area contributed by atoms with Crippen molar-refractivity contribution in [3.8, 4) is 0 Å². The van der Waals surface area contributed by atoms with Crippen molar-refractivity contribution in [3.63, 3.8) is 0 Å². The fraction of sp³-hybridized carbons (Fsp3) is 0.200. The summed E-state index contributed by atoms with van der Waals surface area (Å²) in [7, 11) is 1.80. The van der Waals surface area contributed by atoms with Crippen molar-refractivity contribution in [1.82, 2.24) is 0 Å². The largest absolute Gasteiger partial charge is 0.344 e. The van der Waals surface area contributed by atoms with E-state index in [1.54, 1.807) is 37.1 Å². The van der Waals surface area contributed by atoms with Crippen molar-refractivity contribution in [2.24, 2.45) is 5.73 Å². The summed E-state index contributed by atoms with van der Waals surface area (Å²) in [4.78, 5) is 1.79. The maximum absolute atomic E-state index is 13.3. The molecule has 0 bridgehead atoms. The van der Waals surface area contributed by atoms with Crippen molar-refractivity contribution in [2.45, 2.75) is 13.0 Å². The highest BCUT2D eigenvalue weighted by molar-refractivity contribution is 5.66. The van der Waals surface area contributed by atoms with E-state index in [2.05, 4.69) is 0 Å². The highest BCUT2D eigenvalue weighted by atomic mass is 19.1. The Kier molecular flexibility index (Phi) is 3.81. The highest BCUT2D eigenvalue weighted by Crippen LogP contribution is 2.30. The number of hydrogen-bond donors (Lipinski definition) is 1. The molecule has 0 saturated carbocycles. The van der Waals surface area contributed by atoms with E-state index in [0.29, 0.717) is 11.3 Å². The Bertz CT molecular complexity index is 582. The van der Waals surface area contributed by atoms with Crippen molar-refractivity contribution < 1.29 is 8.78 Å². The van der Waals surface area contributed by atoms with Gasteiger partial charge in [-0.25, -0.2) is 8.78 Å². The zero-order valence-electron chi connectivity index (χ0n) is 10.9. The van der Waals surface area contributed by atoms with Crippen LogP contribution in [0.2, 0.25) is 0 Å². The van der Waals surface area contributed by atoms with Crippen molar-refractivity contribution >= 4 is 11.4 Å². The first-order valence-electron chi connectivity index (χ1n) is 6.03. The third-order valence-corrected chi connectivity index (χ3v) is 3.04. The van der Waals surface area contributed by atoms with Gasteiger partial charge in [-0.05, 0) is 48.9 Å². The quantitative estimate of drug-likeness (QED) is 0.912. The zero-order valence-corrected chi connectivity index (χ0v) is 10.9. The fourth-order valence-corrected chi connectivity index (χ4v) is 2.02. The van der Waals surface area contributed by atoms with Gasteiger partial charge in [0.05, 0.1) is 0 Å². The first-order chi connectivity index (χ1) is 8.99. The van der Waals surface area contributed by atoms with E-state index in [9.17, 15) is 8.78 Å². The van der Waals surface area contributed by atoms with Gasteiger partial charge in [0.15, 0.2) is 0 Å². The molecule has 0 radical (unpaired) electrons. The summed E-state index contributed by atoms with van der Waals surface area (Å²) in [6.07, 6.45) is 0. The molecular weight excluding hydrogens is 246 g/mol. The number of nitrogens with zero attached hydrogens (tertiary/aromatic N) is 1. The second-order valence-electron chi connectivity index (χ2n) is 4.53. The molecular formula is C15H16F2N2. The Morgan fingerprint density at radius 3 is 2.37 bits per heavy atom. The molecule has 2 rings (SSSR count). The van der Waals surface area contributed by atoms with Crippen molar-refractivity contribution in [1.29, 1.82) is 0 Å². The summed E-state index contributed by atoms with van der Waals surface area (Å²) in [6.45, 7) is 1.79. The van der Waals surface area contributed by atoms with Crippen LogP contribution in [0.3, 0.4) is 0 Å². The average Bonchev–Trinajstić information content (AvgIpc) is 2.37. The third-order valence-electron chi connectivity index (χ3n) is 3.04. The molecule has 0 spiro atoms. The van der Waals surface area contributed by atoms with Gasteiger partial charge in [-0.2, -0.15) is 0 Å². The topological polar surface area (TPSA) is 29.3 Å². The smallest absolute Gasteiger partial charge is 0.125 e. The van der Waals surface area contributed by atoms with E-state index < -0.39 is 0 Å². The maximum Gasteiger partial charge on any atom is 0.125 e. The normalized spacial score (nSPS) is 12.3. The third kappa shape index (κ3) is 2.90. The van der Waals surface area contributed by atoms with Gasteiger partial charge in [-0.3, -0.25) is 0 Å². The van der Waals surface area contributed by atoms with E-state index in [1.807, 2.05) is 0 Å². The van der Waals surface area contributed by atoms with Crippen LogP contribution in [0.25, 0.3) is 0 Å². The lowest BCUT2D eigenvalue weighted by atomic mass is 10.1. The molecule has 0 aromatic heterocycles. The number of benzene rings is 2. The standard InChI is InChI=1S/C15H16F2N2/c1-10(18)14-9-12(17)6-7-15(14)19(2)13-5-3-4-11(16)8-13/h3-10H,18H2,1-2H3/t10-/m1/s1. The molecule has 1 atom stereocenters. The summed E-state index contributed by atoms with van der Waals surface area (Å²) in [6, 6.07) is 10.4. The molecule has 4 heteroatoms. The Labute approximate surface area is 111 Å². The second-order valence-corrected chi connectivity index (χ2v) is 4.53. The van der Waals surface area contributed by atoms with E-state index in [0.717, 1.165) is 5.69 Å². The molecule has 0 aliphatic heterocycles. The summed E-state index contributed by atoms with van der Waals surface area (Å²) in [5, 5.41) is 0. The predicted octanol–water partition coefficient (Wildman–Crippen LogP) is 3.75. The van der Waals surface area contributed by atoms with E-state index >= 15 is 0 Å². The Morgan fingerprint density at radius 1 is 1.05 bits per heavy atom.